The lowest BCUT2D eigenvalue weighted by Crippen LogP contribution is -2.11. The Hall–Kier alpha value is -3.71. The number of nitriles is 1. The molecule has 1 aromatic carbocycles. The molecule has 3 aromatic rings. The molecule has 124 valence electrons. The Morgan fingerprint density at radius 2 is 2.00 bits per heavy atom. The molecule has 25 heavy (non-hydrogen) atoms. The number of nitrogens with two attached hydrogens (primary N) is 2. The van der Waals surface area contributed by atoms with E-state index < -0.39 is 10.8 Å². The van der Waals surface area contributed by atoms with Gasteiger partial charge < -0.3 is 16.8 Å². The van der Waals surface area contributed by atoms with Crippen molar-refractivity contribution in [1.29, 1.82) is 5.26 Å². The molecule has 0 spiro atoms. The number of carbonyl (C=O) groups excluding carboxylic acids is 1. The maximum absolute atomic E-state index is 12.4. The Morgan fingerprint density at radius 3 is 2.60 bits per heavy atom. The number of hydrogen-bond donors (Lipinski definition) is 3. The van der Waals surface area contributed by atoms with Crippen LogP contribution in [0.15, 0.2) is 30.3 Å². The van der Waals surface area contributed by atoms with E-state index in [0.717, 1.165) is 11.3 Å². The maximum Gasteiger partial charge on any atom is 0.269 e. The van der Waals surface area contributed by atoms with Crippen molar-refractivity contribution >= 4 is 50.3 Å². The van der Waals surface area contributed by atoms with Gasteiger partial charge in [-0.2, -0.15) is 5.26 Å². The van der Waals surface area contributed by atoms with Gasteiger partial charge in [-0.1, -0.05) is 0 Å². The number of anilines is 3. The van der Waals surface area contributed by atoms with E-state index in [1.165, 1.54) is 30.3 Å². The third kappa shape index (κ3) is 2.91. The van der Waals surface area contributed by atoms with Crippen LogP contribution in [0.1, 0.15) is 15.2 Å². The zero-order chi connectivity index (χ0) is 18.1. The first kappa shape index (κ1) is 16.2. The van der Waals surface area contributed by atoms with E-state index in [9.17, 15) is 14.9 Å². The maximum atomic E-state index is 12.4. The molecule has 0 unspecified atom stereocenters. The molecule has 0 atom stereocenters. The molecule has 2 aromatic heterocycles. The Kier molecular flexibility index (Phi) is 3.92. The quantitative estimate of drug-likeness (QED) is 0.480. The largest absolute Gasteiger partial charge is 0.397 e. The minimum atomic E-state index is -0.529. The van der Waals surface area contributed by atoms with Crippen LogP contribution >= 0.6 is 11.3 Å². The molecule has 0 radical (unpaired) electrons. The number of nitrogen functional groups attached to an aromatic ring is 2. The van der Waals surface area contributed by atoms with Crippen molar-refractivity contribution in [2.75, 3.05) is 16.8 Å². The highest BCUT2D eigenvalue weighted by Crippen LogP contribution is 2.34. The van der Waals surface area contributed by atoms with Gasteiger partial charge in [-0.15, -0.1) is 11.3 Å². The van der Waals surface area contributed by atoms with Gasteiger partial charge in [0.15, 0.2) is 0 Å². The van der Waals surface area contributed by atoms with Crippen LogP contribution in [-0.4, -0.2) is 15.8 Å². The number of fused-ring (bicyclic) bond motifs is 1. The summed E-state index contributed by atoms with van der Waals surface area (Å²) in [6.45, 7) is 0. The standard InChI is InChI=1S/C15H10N6O3S/c16-6-7-5-10-11(17)12(25-15(10)20-13(7)18)14(22)19-8-1-3-9(4-2-8)21(23)24/h1-5H,17H2,(H2,18,20)(H,19,22). The van der Waals surface area contributed by atoms with Gasteiger partial charge in [0.1, 0.15) is 21.6 Å². The number of nitrogens with zero attached hydrogens (tertiary/aromatic N) is 3. The fraction of sp³-hybridized carbons (Fsp3) is 0. The summed E-state index contributed by atoms with van der Waals surface area (Å²) in [7, 11) is 0. The van der Waals surface area contributed by atoms with Gasteiger partial charge >= 0.3 is 0 Å². The van der Waals surface area contributed by atoms with Gasteiger partial charge in [0.25, 0.3) is 11.6 Å². The number of pyridine rings is 1. The number of carbonyl (C=O) groups is 1. The van der Waals surface area contributed by atoms with E-state index in [2.05, 4.69) is 10.3 Å². The predicted molar refractivity (Wildman–Crippen MR) is 94.2 cm³/mol. The summed E-state index contributed by atoms with van der Waals surface area (Å²) < 4.78 is 0. The predicted octanol–water partition coefficient (Wildman–Crippen LogP) is 2.49. The minimum Gasteiger partial charge on any atom is -0.397 e. The summed E-state index contributed by atoms with van der Waals surface area (Å²) in [5, 5.41) is 22.7. The summed E-state index contributed by atoms with van der Waals surface area (Å²) in [4.78, 5) is 27.3. The second-order valence-corrected chi connectivity index (χ2v) is 5.99. The zero-order valence-electron chi connectivity index (χ0n) is 12.5. The van der Waals surface area contributed by atoms with Gasteiger partial charge in [0.05, 0.1) is 16.2 Å². The van der Waals surface area contributed by atoms with Crippen LogP contribution < -0.4 is 16.8 Å². The molecule has 0 saturated heterocycles. The van der Waals surface area contributed by atoms with E-state index in [0.29, 0.717) is 15.9 Å². The van der Waals surface area contributed by atoms with Crippen LogP contribution in [0.25, 0.3) is 10.2 Å². The van der Waals surface area contributed by atoms with Crippen molar-refractivity contribution < 1.29 is 9.72 Å². The van der Waals surface area contributed by atoms with Crippen LogP contribution in [0.2, 0.25) is 0 Å². The number of nitrogens with one attached hydrogen (secondary N) is 1. The first-order valence-electron chi connectivity index (χ1n) is 6.85. The van der Waals surface area contributed by atoms with Crippen molar-refractivity contribution in [2.45, 2.75) is 0 Å². The second kappa shape index (κ2) is 6.06. The van der Waals surface area contributed by atoms with Gasteiger partial charge in [0, 0.05) is 23.2 Å². The first-order valence-corrected chi connectivity index (χ1v) is 7.66. The molecule has 9 nitrogen and oxygen atoms in total. The number of hydrogen-bond acceptors (Lipinski definition) is 8. The van der Waals surface area contributed by atoms with E-state index in [1.807, 2.05) is 6.07 Å². The number of nitro groups is 1. The van der Waals surface area contributed by atoms with Gasteiger partial charge in [-0.05, 0) is 18.2 Å². The summed E-state index contributed by atoms with van der Waals surface area (Å²) in [6, 6.07) is 8.81. The number of aromatic nitrogens is 1. The fourth-order valence-electron chi connectivity index (χ4n) is 2.17. The molecule has 2 heterocycles. The summed E-state index contributed by atoms with van der Waals surface area (Å²) in [5.74, 6) is -0.412. The van der Waals surface area contributed by atoms with E-state index in [4.69, 9.17) is 16.7 Å². The lowest BCUT2D eigenvalue weighted by Gasteiger charge is -2.04. The van der Waals surface area contributed by atoms with Crippen LogP contribution in [-0.2, 0) is 0 Å². The van der Waals surface area contributed by atoms with Crippen molar-refractivity contribution in [2.24, 2.45) is 0 Å². The van der Waals surface area contributed by atoms with Crippen molar-refractivity contribution in [1.82, 2.24) is 4.98 Å². The topological polar surface area (TPSA) is 161 Å². The van der Waals surface area contributed by atoms with Crippen LogP contribution in [0.5, 0.6) is 0 Å². The molecule has 0 aliphatic rings. The molecule has 0 saturated carbocycles. The van der Waals surface area contributed by atoms with Gasteiger partial charge in [0.2, 0.25) is 0 Å². The molecule has 10 heteroatoms. The number of rotatable bonds is 3. The lowest BCUT2D eigenvalue weighted by atomic mass is 10.2. The normalized spacial score (nSPS) is 10.4. The molecule has 0 fully saturated rings. The monoisotopic (exact) mass is 354 g/mol. The molecule has 0 aliphatic carbocycles. The van der Waals surface area contributed by atoms with Crippen LogP contribution in [0, 0.1) is 21.4 Å². The van der Waals surface area contributed by atoms with Crippen molar-refractivity contribution in [3.63, 3.8) is 0 Å². The zero-order valence-corrected chi connectivity index (χ0v) is 13.3. The summed E-state index contributed by atoms with van der Waals surface area (Å²) in [5.41, 5.74) is 12.4. The lowest BCUT2D eigenvalue weighted by molar-refractivity contribution is -0.384. The number of nitro benzene ring substituents is 1. The Labute approximate surface area is 144 Å². The first-order chi connectivity index (χ1) is 11.9. The van der Waals surface area contributed by atoms with Gasteiger partial charge in [-0.3, -0.25) is 14.9 Å². The summed E-state index contributed by atoms with van der Waals surface area (Å²) >= 11 is 1.05. The minimum absolute atomic E-state index is 0.0681. The van der Waals surface area contributed by atoms with Crippen LogP contribution in [0.3, 0.4) is 0 Å². The molecule has 1 amide bonds. The number of non-ortho nitro benzene ring substituents is 1. The van der Waals surface area contributed by atoms with E-state index in [-0.39, 0.29) is 27.6 Å². The molecule has 3 rings (SSSR count). The number of benzene rings is 1. The van der Waals surface area contributed by atoms with Gasteiger partial charge in [-0.25, -0.2) is 4.98 Å². The van der Waals surface area contributed by atoms with E-state index >= 15 is 0 Å². The number of amides is 1. The SMILES string of the molecule is N#Cc1cc2c(N)c(C(=O)Nc3ccc([N+](=O)[O-])cc3)sc2nc1N. The fourth-order valence-corrected chi connectivity index (χ4v) is 3.15. The Morgan fingerprint density at radius 1 is 1.32 bits per heavy atom. The molecular formula is C15H10N6O3S. The highest BCUT2D eigenvalue weighted by Gasteiger charge is 2.19. The molecule has 0 aliphatic heterocycles. The third-order valence-electron chi connectivity index (χ3n) is 3.41. The Balaban J connectivity index is 1.93. The van der Waals surface area contributed by atoms with Crippen molar-refractivity contribution in [3.05, 3.63) is 50.9 Å². The third-order valence-corrected chi connectivity index (χ3v) is 4.53. The van der Waals surface area contributed by atoms with Crippen molar-refractivity contribution in [3.8, 4) is 6.07 Å². The van der Waals surface area contributed by atoms with E-state index in [1.54, 1.807) is 0 Å². The molecule has 5 N–H and O–H groups in total. The number of thiophene rings is 1. The average Bonchev–Trinajstić information content (AvgIpc) is 2.90. The molecule has 0 bridgehead atoms. The highest BCUT2D eigenvalue weighted by atomic mass is 32.1. The average molecular weight is 354 g/mol. The van der Waals surface area contributed by atoms with Crippen LogP contribution in [0.4, 0.5) is 22.9 Å². The molecular weight excluding hydrogens is 344 g/mol. The smallest absolute Gasteiger partial charge is 0.269 e. The Bertz CT molecular complexity index is 1050. The summed E-state index contributed by atoms with van der Waals surface area (Å²) in [6.07, 6.45) is 0. The highest BCUT2D eigenvalue weighted by molar-refractivity contribution is 7.21. The second-order valence-electron chi connectivity index (χ2n) is 4.99.